The molecule has 110 valence electrons. The van der Waals surface area contributed by atoms with E-state index in [-0.39, 0.29) is 29.0 Å². The lowest BCUT2D eigenvalue weighted by molar-refractivity contribution is 0.0750. The Balaban J connectivity index is 2.95. The van der Waals surface area contributed by atoms with Gasteiger partial charge in [0.2, 0.25) is 0 Å². The summed E-state index contributed by atoms with van der Waals surface area (Å²) in [4.78, 5) is 14.0. The zero-order chi connectivity index (χ0) is 15.3. The molecule has 0 saturated carbocycles. The van der Waals surface area contributed by atoms with Gasteiger partial charge in [-0.25, -0.2) is 0 Å². The van der Waals surface area contributed by atoms with E-state index in [4.69, 9.17) is 10.9 Å². The van der Waals surface area contributed by atoms with Crippen LogP contribution in [0.25, 0.3) is 0 Å². The second kappa shape index (κ2) is 6.79. The molecule has 1 amide bonds. The van der Waals surface area contributed by atoms with Crippen LogP contribution < -0.4 is 5.73 Å². The lowest BCUT2D eigenvalue weighted by Crippen LogP contribution is -2.38. The third-order valence-corrected chi connectivity index (χ3v) is 3.17. The largest absolute Gasteiger partial charge is 0.507 e. The zero-order valence-corrected chi connectivity index (χ0v) is 12.0. The van der Waals surface area contributed by atoms with Crippen molar-refractivity contribution in [2.24, 2.45) is 16.8 Å². The molecule has 20 heavy (non-hydrogen) atoms. The first-order chi connectivity index (χ1) is 9.40. The van der Waals surface area contributed by atoms with Crippen LogP contribution in [0.3, 0.4) is 0 Å². The van der Waals surface area contributed by atoms with Gasteiger partial charge in [0.1, 0.15) is 11.6 Å². The highest BCUT2D eigenvalue weighted by atomic mass is 16.4. The molecule has 6 nitrogen and oxygen atoms in total. The number of carbonyl (C=O) groups excluding carboxylic acids is 1. The number of aromatic hydroxyl groups is 1. The smallest absolute Gasteiger partial charge is 0.257 e. The second-order valence-corrected chi connectivity index (χ2v) is 4.79. The minimum atomic E-state index is -0.272. The summed E-state index contributed by atoms with van der Waals surface area (Å²) in [6, 6.07) is 4.89. The summed E-state index contributed by atoms with van der Waals surface area (Å²) < 4.78 is 0. The number of nitrogens with zero attached hydrogens (tertiary/aromatic N) is 2. The third kappa shape index (κ3) is 3.63. The number of phenolic OH excluding ortho intramolecular Hbond substituents is 1. The van der Waals surface area contributed by atoms with Gasteiger partial charge in [0.25, 0.3) is 5.91 Å². The minimum absolute atomic E-state index is 0.0458. The van der Waals surface area contributed by atoms with Crippen LogP contribution in [0.15, 0.2) is 23.4 Å². The van der Waals surface area contributed by atoms with Crippen LogP contribution in [0.4, 0.5) is 0 Å². The molecule has 1 atom stereocenters. The maximum Gasteiger partial charge on any atom is 0.257 e. The van der Waals surface area contributed by atoms with Gasteiger partial charge in [0, 0.05) is 19.0 Å². The first-order valence-corrected chi connectivity index (χ1v) is 6.47. The number of amides is 1. The van der Waals surface area contributed by atoms with Crippen LogP contribution >= 0.6 is 0 Å². The van der Waals surface area contributed by atoms with Crippen LogP contribution in [0.5, 0.6) is 5.75 Å². The van der Waals surface area contributed by atoms with E-state index in [0.29, 0.717) is 13.1 Å². The van der Waals surface area contributed by atoms with Gasteiger partial charge in [-0.05, 0) is 26.0 Å². The highest BCUT2D eigenvalue weighted by molar-refractivity contribution is 5.97. The molecular formula is C14H21N3O3. The van der Waals surface area contributed by atoms with Crippen molar-refractivity contribution in [1.29, 1.82) is 0 Å². The number of phenols is 1. The number of aryl methyl sites for hydroxylation is 1. The average Bonchev–Trinajstić information content (AvgIpc) is 2.45. The van der Waals surface area contributed by atoms with Crippen molar-refractivity contribution in [3.05, 3.63) is 29.3 Å². The monoisotopic (exact) mass is 279 g/mol. The molecule has 0 heterocycles. The molecule has 0 aliphatic rings. The Bertz CT molecular complexity index is 514. The normalized spacial score (nSPS) is 13.1. The Morgan fingerprint density at radius 1 is 1.50 bits per heavy atom. The minimum Gasteiger partial charge on any atom is -0.507 e. The highest BCUT2D eigenvalue weighted by Gasteiger charge is 2.21. The summed E-state index contributed by atoms with van der Waals surface area (Å²) in [6.07, 6.45) is 0. The number of rotatable bonds is 5. The van der Waals surface area contributed by atoms with Gasteiger partial charge in [-0.1, -0.05) is 23.7 Å². The third-order valence-electron chi connectivity index (χ3n) is 3.17. The van der Waals surface area contributed by atoms with Gasteiger partial charge in [-0.2, -0.15) is 0 Å². The Labute approximate surface area is 118 Å². The number of amidine groups is 1. The van der Waals surface area contributed by atoms with Crippen LogP contribution in [0.2, 0.25) is 0 Å². The fourth-order valence-electron chi connectivity index (χ4n) is 1.87. The molecule has 1 rings (SSSR count). The molecule has 0 radical (unpaired) electrons. The molecule has 1 aromatic carbocycles. The number of carbonyl (C=O) groups is 1. The van der Waals surface area contributed by atoms with E-state index >= 15 is 0 Å². The maximum atomic E-state index is 12.4. The average molecular weight is 279 g/mol. The fraction of sp³-hybridized carbons (Fsp3) is 0.429. The second-order valence-electron chi connectivity index (χ2n) is 4.79. The lowest BCUT2D eigenvalue weighted by Gasteiger charge is -2.24. The van der Waals surface area contributed by atoms with Crippen LogP contribution in [0, 0.1) is 12.8 Å². The van der Waals surface area contributed by atoms with E-state index < -0.39 is 0 Å². The fourth-order valence-corrected chi connectivity index (χ4v) is 1.87. The molecule has 0 fully saturated rings. The first kappa shape index (κ1) is 15.8. The zero-order valence-electron chi connectivity index (χ0n) is 12.0. The van der Waals surface area contributed by atoms with E-state index in [2.05, 4.69) is 5.16 Å². The van der Waals surface area contributed by atoms with Gasteiger partial charge >= 0.3 is 0 Å². The van der Waals surface area contributed by atoms with Crippen molar-refractivity contribution in [1.82, 2.24) is 4.90 Å². The summed E-state index contributed by atoms with van der Waals surface area (Å²) in [5, 5.41) is 21.4. The van der Waals surface area contributed by atoms with Crippen molar-refractivity contribution in [2.75, 3.05) is 13.1 Å². The summed E-state index contributed by atoms with van der Waals surface area (Å²) in [5.74, 6) is -0.512. The Morgan fingerprint density at radius 3 is 2.70 bits per heavy atom. The number of benzene rings is 1. The van der Waals surface area contributed by atoms with Crippen molar-refractivity contribution >= 4 is 11.7 Å². The Morgan fingerprint density at radius 2 is 2.15 bits per heavy atom. The molecule has 1 unspecified atom stereocenters. The van der Waals surface area contributed by atoms with Crippen LogP contribution in [0.1, 0.15) is 29.8 Å². The molecule has 0 saturated heterocycles. The Kier molecular flexibility index (Phi) is 5.37. The van der Waals surface area contributed by atoms with Crippen molar-refractivity contribution < 1.29 is 15.1 Å². The van der Waals surface area contributed by atoms with E-state index in [9.17, 15) is 9.90 Å². The van der Waals surface area contributed by atoms with E-state index in [0.717, 1.165) is 5.56 Å². The predicted octanol–water partition coefficient (Wildman–Crippen LogP) is 1.55. The summed E-state index contributed by atoms with van der Waals surface area (Å²) in [7, 11) is 0. The van der Waals surface area contributed by atoms with Gasteiger partial charge < -0.3 is 20.9 Å². The molecule has 0 spiro atoms. The molecule has 0 aliphatic carbocycles. The number of nitrogens with two attached hydrogens (primary N) is 1. The van der Waals surface area contributed by atoms with Crippen molar-refractivity contribution in [3.8, 4) is 5.75 Å². The van der Waals surface area contributed by atoms with Gasteiger partial charge in [0.05, 0.1) is 5.56 Å². The van der Waals surface area contributed by atoms with Gasteiger partial charge in [0.15, 0.2) is 0 Å². The summed E-state index contributed by atoms with van der Waals surface area (Å²) in [6.45, 7) is 6.24. The van der Waals surface area contributed by atoms with E-state index in [1.54, 1.807) is 24.0 Å². The summed E-state index contributed by atoms with van der Waals surface area (Å²) >= 11 is 0. The quantitative estimate of drug-likeness (QED) is 0.329. The van der Waals surface area contributed by atoms with Gasteiger partial charge in [-0.3, -0.25) is 4.79 Å². The first-order valence-electron chi connectivity index (χ1n) is 6.47. The highest BCUT2D eigenvalue weighted by Crippen LogP contribution is 2.20. The molecule has 0 bridgehead atoms. The van der Waals surface area contributed by atoms with E-state index in [1.165, 1.54) is 6.07 Å². The topological polar surface area (TPSA) is 99.1 Å². The molecule has 6 heteroatoms. The SMILES string of the molecule is CCN(CC(C)C(N)=NO)C(=O)c1cc(C)ccc1O. The van der Waals surface area contributed by atoms with Crippen molar-refractivity contribution in [3.63, 3.8) is 0 Å². The molecule has 0 aromatic heterocycles. The Hall–Kier alpha value is -2.24. The lowest BCUT2D eigenvalue weighted by atomic mass is 10.1. The molecule has 0 aliphatic heterocycles. The maximum absolute atomic E-state index is 12.4. The van der Waals surface area contributed by atoms with Crippen LogP contribution in [-0.4, -0.2) is 40.0 Å². The standard InChI is InChI=1S/C14H21N3O3/c1-4-17(8-10(3)13(15)16-20)14(19)11-7-9(2)5-6-12(11)18/h5-7,10,18,20H,4,8H2,1-3H3,(H2,15,16). The number of hydrogen-bond donors (Lipinski definition) is 3. The van der Waals surface area contributed by atoms with Crippen molar-refractivity contribution in [2.45, 2.75) is 20.8 Å². The predicted molar refractivity (Wildman–Crippen MR) is 77.0 cm³/mol. The molecule has 4 N–H and O–H groups in total. The molecular weight excluding hydrogens is 258 g/mol. The summed E-state index contributed by atoms with van der Waals surface area (Å²) in [5.41, 5.74) is 6.68. The number of hydrogen-bond acceptors (Lipinski definition) is 4. The van der Waals surface area contributed by atoms with E-state index in [1.807, 2.05) is 13.8 Å². The number of oxime groups is 1. The van der Waals surface area contributed by atoms with Crippen LogP contribution in [-0.2, 0) is 0 Å². The molecule has 1 aromatic rings. The van der Waals surface area contributed by atoms with Gasteiger partial charge in [-0.15, -0.1) is 0 Å².